The molecule has 126 valence electrons. The molecule has 0 aliphatic carbocycles. The van der Waals surface area contributed by atoms with E-state index >= 15 is 0 Å². The van der Waals surface area contributed by atoms with E-state index in [0.717, 1.165) is 5.56 Å². The summed E-state index contributed by atoms with van der Waals surface area (Å²) in [7, 11) is 3.42. The van der Waals surface area contributed by atoms with Crippen molar-refractivity contribution in [2.24, 2.45) is 0 Å². The lowest BCUT2D eigenvalue weighted by atomic mass is 10.1. The van der Waals surface area contributed by atoms with Gasteiger partial charge >= 0.3 is 0 Å². The van der Waals surface area contributed by atoms with Crippen molar-refractivity contribution in [3.05, 3.63) is 27.9 Å². The van der Waals surface area contributed by atoms with E-state index in [2.05, 4.69) is 21.9 Å². The molecule has 1 aliphatic rings. The number of nitrogens with zero attached hydrogens (tertiary/aromatic N) is 2. The third-order valence-corrected chi connectivity index (χ3v) is 4.53. The van der Waals surface area contributed by atoms with E-state index in [4.69, 9.17) is 28.1 Å². The Labute approximate surface area is 155 Å². The van der Waals surface area contributed by atoms with Gasteiger partial charge in [0.05, 0.1) is 11.1 Å². The monoisotopic (exact) mass is 408 g/mol. The molecule has 2 rings (SSSR count). The lowest BCUT2D eigenvalue weighted by molar-refractivity contribution is -0.121. The van der Waals surface area contributed by atoms with Crippen molar-refractivity contribution in [2.75, 3.05) is 27.3 Å². The first-order chi connectivity index (χ1) is 11.4. The molecule has 1 fully saturated rings. The van der Waals surface area contributed by atoms with E-state index < -0.39 is 0 Å². The van der Waals surface area contributed by atoms with Crippen molar-refractivity contribution in [1.29, 1.82) is 0 Å². The zero-order valence-electron chi connectivity index (χ0n) is 13.6. The van der Waals surface area contributed by atoms with Gasteiger partial charge in [-0.15, -0.1) is 6.42 Å². The Kier molecular flexibility index (Phi) is 5.86. The average Bonchev–Trinajstić information content (AvgIpc) is 2.72. The minimum atomic E-state index is -0.149. The number of hydrogen-bond donors (Lipinski definition) is 0. The summed E-state index contributed by atoms with van der Waals surface area (Å²) >= 11 is 8.68. The van der Waals surface area contributed by atoms with Crippen molar-refractivity contribution >= 4 is 45.2 Å². The Balaban J connectivity index is 2.45. The van der Waals surface area contributed by atoms with E-state index in [1.54, 1.807) is 31.1 Å². The number of ether oxygens (including phenoxy) is 2. The first-order valence-corrected chi connectivity index (χ1v) is 8.40. The van der Waals surface area contributed by atoms with Crippen LogP contribution in [-0.4, -0.2) is 48.1 Å². The fraction of sp³-hybridized carbons (Fsp3) is 0.294. The molecular weight excluding hydrogens is 392 g/mol. The Hall–Kier alpha value is -2.04. The second-order valence-corrected chi connectivity index (χ2v) is 6.21. The van der Waals surface area contributed by atoms with Crippen LogP contribution in [-0.2, 0) is 4.79 Å². The highest BCUT2D eigenvalue weighted by Crippen LogP contribution is 2.38. The quantitative estimate of drug-likeness (QED) is 0.425. The highest BCUT2D eigenvalue weighted by Gasteiger charge is 2.32. The molecule has 1 aromatic carbocycles. The number of terminal acetylenes is 1. The average molecular weight is 409 g/mol. The number of carbonyl (C=O) groups excluding carboxylic acids is 1. The molecule has 24 heavy (non-hydrogen) atoms. The predicted octanol–water partition coefficient (Wildman–Crippen LogP) is 2.89. The second-order valence-electron chi connectivity index (χ2n) is 4.99. The van der Waals surface area contributed by atoms with Gasteiger partial charge in [0.1, 0.15) is 12.3 Å². The number of rotatable bonds is 5. The number of carbonyl (C=O) groups is 1. The van der Waals surface area contributed by atoms with E-state index in [1.165, 1.54) is 4.90 Å². The molecule has 0 bridgehead atoms. The van der Waals surface area contributed by atoms with Gasteiger partial charge in [-0.3, -0.25) is 9.69 Å². The van der Waals surface area contributed by atoms with Crippen LogP contribution in [0.25, 0.3) is 6.08 Å². The number of amides is 1. The molecule has 0 aromatic heterocycles. The van der Waals surface area contributed by atoms with Gasteiger partial charge in [0.15, 0.2) is 16.6 Å². The topological polar surface area (TPSA) is 42.0 Å². The zero-order chi connectivity index (χ0) is 17.9. The van der Waals surface area contributed by atoms with Gasteiger partial charge in [-0.05, 0) is 58.8 Å². The molecule has 1 saturated heterocycles. The third-order valence-electron chi connectivity index (χ3n) is 3.39. The number of thiocarbonyl (C=S) groups is 1. The van der Waals surface area contributed by atoms with Gasteiger partial charge in [0, 0.05) is 14.1 Å². The van der Waals surface area contributed by atoms with E-state index in [0.29, 0.717) is 33.4 Å². The van der Waals surface area contributed by atoms with E-state index in [-0.39, 0.29) is 12.5 Å². The van der Waals surface area contributed by atoms with Gasteiger partial charge in [0.25, 0.3) is 5.91 Å². The van der Waals surface area contributed by atoms with Crippen LogP contribution in [0.1, 0.15) is 12.5 Å². The largest absolute Gasteiger partial charge is 0.490 e. The van der Waals surface area contributed by atoms with Crippen LogP contribution >= 0.6 is 28.1 Å². The lowest BCUT2D eigenvalue weighted by Crippen LogP contribution is -2.26. The number of benzene rings is 1. The van der Waals surface area contributed by atoms with Crippen LogP contribution in [0.5, 0.6) is 11.5 Å². The molecule has 0 spiro atoms. The van der Waals surface area contributed by atoms with Crippen molar-refractivity contribution in [3.8, 4) is 23.8 Å². The van der Waals surface area contributed by atoms with Crippen LogP contribution in [0.4, 0.5) is 0 Å². The number of halogens is 1. The molecule has 7 heteroatoms. The molecular formula is C17H17BrN2O3S. The van der Waals surface area contributed by atoms with Crippen LogP contribution in [0.2, 0.25) is 0 Å². The molecule has 0 atom stereocenters. The smallest absolute Gasteiger partial charge is 0.276 e. The van der Waals surface area contributed by atoms with Crippen molar-refractivity contribution < 1.29 is 14.3 Å². The Morgan fingerprint density at radius 1 is 1.33 bits per heavy atom. The van der Waals surface area contributed by atoms with E-state index in [9.17, 15) is 4.79 Å². The van der Waals surface area contributed by atoms with Crippen molar-refractivity contribution in [2.45, 2.75) is 6.92 Å². The Bertz CT molecular complexity index is 755. The van der Waals surface area contributed by atoms with Gasteiger partial charge in [-0.25, -0.2) is 0 Å². The first kappa shape index (κ1) is 18.3. The summed E-state index contributed by atoms with van der Waals surface area (Å²) in [4.78, 5) is 15.4. The van der Waals surface area contributed by atoms with Gasteiger partial charge in [-0.1, -0.05) is 5.92 Å². The number of likely N-dealkylation sites (N-methyl/N-ethyl adjacent to an activating group) is 2. The summed E-state index contributed by atoms with van der Waals surface area (Å²) < 4.78 is 11.9. The summed E-state index contributed by atoms with van der Waals surface area (Å²) in [6.07, 6.45) is 7.01. The highest BCUT2D eigenvalue weighted by molar-refractivity contribution is 9.10. The first-order valence-electron chi connectivity index (χ1n) is 7.20. The lowest BCUT2D eigenvalue weighted by Gasteiger charge is -2.14. The fourth-order valence-electron chi connectivity index (χ4n) is 2.23. The van der Waals surface area contributed by atoms with Crippen LogP contribution in [0.3, 0.4) is 0 Å². The van der Waals surface area contributed by atoms with Gasteiger partial charge in [0.2, 0.25) is 0 Å². The van der Waals surface area contributed by atoms with Gasteiger partial charge in [-0.2, -0.15) is 0 Å². The Morgan fingerprint density at radius 3 is 2.58 bits per heavy atom. The molecule has 5 nitrogen and oxygen atoms in total. The molecule has 1 heterocycles. The van der Waals surface area contributed by atoms with Gasteiger partial charge < -0.3 is 14.4 Å². The summed E-state index contributed by atoms with van der Waals surface area (Å²) in [5.41, 5.74) is 1.28. The predicted molar refractivity (Wildman–Crippen MR) is 101 cm³/mol. The second kappa shape index (κ2) is 7.69. The Morgan fingerprint density at radius 2 is 2.04 bits per heavy atom. The summed E-state index contributed by atoms with van der Waals surface area (Å²) in [5, 5.41) is 0.462. The minimum Gasteiger partial charge on any atom is -0.490 e. The zero-order valence-corrected chi connectivity index (χ0v) is 16.0. The molecule has 0 N–H and O–H groups in total. The van der Waals surface area contributed by atoms with Crippen LogP contribution in [0, 0.1) is 12.3 Å². The van der Waals surface area contributed by atoms with Crippen LogP contribution < -0.4 is 9.47 Å². The maximum absolute atomic E-state index is 12.3. The molecule has 1 aromatic rings. The standard InChI is InChI=1S/C17H17BrN2O3S/c1-5-7-23-15-12(18)8-11(10-14(15)22-6-2)9-13-16(21)20(4)17(24)19(13)3/h1,8-10H,6-7H2,2-4H3/b13-9-. The fourth-order valence-corrected chi connectivity index (χ4v) is 2.99. The molecule has 0 unspecified atom stereocenters. The summed E-state index contributed by atoms with van der Waals surface area (Å²) in [6, 6.07) is 3.64. The van der Waals surface area contributed by atoms with Crippen molar-refractivity contribution in [3.63, 3.8) is 0 Å². The SMILES string of the molecule is C#CCOc1c(Br)cc(/C=C2/C(=O)N(C)C(=S)N2C)cc1OCC. The minimum absolute atomic E-state index is 0.138. The summed E-state index contributed by atoms with van der Waals surface area (Å²) in [5.74, 6) is 3.37. The van der Waals surface area contributed by atoms with Crippen molar-refractivity contribution in [1.82, 2.24) is 9.80 Å². The highest BCUT2D eigenvalue weighted by atomic mass is 79.9. The molecule has 1 amide bonds. The van der Waals surface area contributed by atoms with Crippen LogP contribution in [0.15, 0.2) is 22.3 Å². The number of hydrogen-bond acceptors (Lipinski definition) is 4. The normalized spacial score (nSPS) is 15.9. The summed E-state index contributed by atoms with van der Waals surface area (Å²) in [6.45, 7) is 2.50. The maximum atomic E-state index is 12.3. The molecule has 0 saturated carbocycles. The molecule has 0 radical (unpaired) electrons. The van der Waals surface area contributed by atoms with E-state index in [1.807, 2.05) is 13.0 Å². The maximum Gasteiger partial charge on any atom is 0.276 e. The third kappa shape index (κ3) is 3.55. The molecule has 1 aliphatic heterocycles.